The van der Waals surface area contributed by atoms with E-state index in [0.29, 0.717) is 6.42 Å². The van der Waals surface area contributed by atoms with Crippen LogP contribution < -0.4 is 15.0 Å². The Morgan fingerprint density at radius 1 is 1.21 bits per heavy atom. The van der Waals surface area contributed by atoms with Crippen molar-refractivity contribution in [1.29, 1.82) is 0 Å². The van der Waals surface area contributed by atoms with E-state index in [4.69, 9.17) is 4.74 Å². The molecule has 4 nitrogen and oxygen atoms in total. The lowest BCUT2D eigenvalue weighted by Gasteiger charge is -2.33. The fourth-order valence-electron chi connectivity index (χ4n) is 3.20. The number of amides is 1. The Morgan fingerprint density at radius 3 is 2.71 bits per heavy atom. The largest absolute Gasteiger partial charge is 0.497 e. The van der Waals surface area contributed by atoms with Gasteiger partial charge in [-0.3, -0.25) is 4.79 Å². The fourth-order valence-corrected chi connectivity index (χ4v) is 3.20. The Morgan fingerprint density at radius 2 is 1.96 bits per heavy atom. The summed E-state index contributed by atoms with van der Waals surface area (Å²) in [5.74, 6) is 0.946. The molecular formula is C20H24N2O2. The highest BCUT2D eigenvalue weighted by Crippen LogP contribution is 2.32. The molecule has 126 valence electrons. The molecule has 2 aromatic carbocycles. The minimum absolute atomic E-state index is 0.107. The van der Waals surface area contributed by atoms with Gasteiger partial charge in [-0.15, -0.1) is 0 Å². The molecular weight excluding hydrogens is 300 g/mol. The summed E-state index contributed by atoms with van der Waals surface area (Å²) in [6.07, 6.45) is 2.19. The SMILES string of the molecule is COc1ccc(CCC(=O)NC2CCN(C)c3ccccc32)cc1. The number of benzene rings is 2. The zero-order valence-electron chi connectivity index (χ0n) is 14.3. The molecule has 0 aliphatic carbocycles. The third-order valence-corrected chi connectivity index (χ3v) is 4.61. The third kappa shape index (κ3) is 3.70. The monoisotopic (exact) mass is 324 g/mol. The number of rotatable bonds is 5. The third-order valence-electron chi connectivity index (χ3n) is 4.61. The summed E-state index contributed by atoms with van der Waals surface area (Å²) in [5.41, 5.74) is 3.57. The van der Waals surface area contributed by atoms with Gasteiger partial charge in [0.1, 0.15) is 5.75 Å². The highest BCUT2D eigenvalue weighted by Gasteiger charge is 2.23. The van der Waals surface area contributed by atoms with Gasteiger partial charge in [-0.2, -0.15) is 0 Å². The van der Waals surface area contributed by atoms with Crippen LogP contribution in [0, 0.1) is 0 Å². The number of carbonyl (C=O) groups is 1. The lowest BCUT2D eigenvalue weighted by Crippen LogP contribution is -2.36. The van der Waals surface area contributed by atoms with Gasteiger partial charge >= 0.3 is 0 Å². The van der Waals surface area contributed by atoms with Crippen LogP contribution in [-0.2, 0) is 11.2 Å². The fraction of sp³-hybridized carbons (Fsp3) is 0.350. The Balaban J connectivity index is 1.58. The minimum atomic E-state index is 0.107. The van der Waals surface area contributed by atoms with Crippen molar-refractivity contribution in [1.82, 2.24) is 5.32 Å². The first-order chi connectivity index (χ1) is 11.7. The molecule has 0 bridgehead atoms. The molecule has 1 amide bonds. The first kappa shape index (κ1) is 16.4. The molecule has 4 heteroatoms. The Kier molecular flexibility index (Phi) is 5.04. The van der Waals surface area contributed by atoms with Crippen LogP contribution in [0.4, 0.5) is 5.69 Å². The quantitative estimate of drug-likeness (QED) is 0.917. The van der Waals surface area contributed by atoms with Gasteiger partial charge in [0, 0.05) is 25.7 Å². The molecule has 1 heterocycles. The predicted molar refractivity (Wildman–Crippen MR) is 96.5 cm³/mol. The average molecular weight is 324 g/mol. The lowest BCUT2D eigenvalue weighted by atomic mass is 9.96. The molecule has 0 radical (unpaired) electrons. The van der Waals surface area contributed by atoms with Gasteiger partial charge < -0.3 is 15.0 Å². The number of fused-ring (bicyclic) bond motifs is 1. The zero-order valence-corrected chi connectivity index (χ0v) is 14.3. The van der Waals surface area contributed by atoms with Crippen LogP contribution in [0.2, 0.25) is 0 Å². The molecule has 0 saturated carbocycles. The molecule has 24 heavy (non-hydrogen) atoms. The summed E-state index contributed by atoms with van der Waals surface area (Å²) in [4.78, 5) is 14.6. The van der Waals surface area contributed by atoms with Crippen molar-refractivity contribution < 1.29 is 9.53 Å². The number of nitrogens with zero attached hydrogens (tertiary/aromatic N) is 1. The van der Waals surface area contributed by atoms with E-state index in [9.17, 15) is 4.79 Å². The molecule has 1 N–H and O–H groups in total. The van der Waals surface area contributed by atoms with Gasteiger partial charge in [0.15, 0.2) is 0 Å². The summed E-state index contributed by atoms with van der Waals surface area (Å²) < 4.78 is 5.15. The predicted octanol–water partition coefficient (Wildman–Crippen LogP) is 3.33. The minimum Gasteiger partial charge on any atom is -0.497 e. The van der Waals surface area contributed by atoms with Crippen molar-refractivity contribution in [3.63, 3.8) is 0 Å². The van der Waals surface area contributed by atoms with Crippen LogP contribution in [-0.4, -0.2) is 26.6 Å². The molecule has 0 fully saturated rings. The molecule has 1 unspecified atom stereocenters. The van der Waals surface area contributed by atoms with E-state index >= 15 is 0 Å². The van der Waals surface area contributed by atoms with Crippen molar-refractivity contribution >= 4 is 11.6 Å². The van der Waals surface area contributed by atoms with E-state index in [0.717, 1.165) is 30.7 Å². The van der Waals surface area contributed by atoms with Crippen LogP contribution in [0.25, 0.3) is 0 Å². The number of anilines is 1. The highest BCUT2D eigenvalue weighted by molar-refractivity contribution is 5.77. The lowest BCUT2D eigenvalue weighted by molar-refractivity contribution is -0.121. The van der Waals surface area contributed by atoms with Crippen molar-refractivity contribution in [3.05, 3.63) is 59.7 Å². The van der Waals surface area contributed by atoms with E-state index in [1.165, 1.54) is 11.3 Å². The van der Waals surface area contributed by atoms with Gasteiger partial charge in [-0.25, -0.2) is 0 Å². The Bertz CT molecular complexity index is 697. The Labute approximate surface area is 143 Å². The summed E-state index contributed by atoms with van der Waals surface area (Å²) in [6.45, 7) is 0.959. The van der Waals surface area contributed by atoms with Crippen LogP contribution in [0.15, 0.2) is 48.5 Å². The van der Waals surface area contributed by atoms with E-state index in [1.807, 2.05) is 36.4 Å². The first-order valence-corrected chi connectivity index (χ1v) is 8.39. The summed E-state index contributed by atoms with van der Waals surface area (Å²) in [6, 6.07) is 16.3. The number of hydrogen-bond acceptors (Lipinski definition) is 3. The summed E-state index contributed by atoms with van der Waals surface area (Å²) in [7, 11) is 3.75. The van der Waals surface area contributed by atoms with Gasteiger partial charge in [0.05, 0.1) is 13.2 Å². The normalized spacial score (nSPS) is 16.4. The number of para-hydroxylation sites is 1. The van der Waals surface area contributed by atoms with Crippen LogP contribution in [0.5, 0.6) is 5.75 Å². The molecule has 0 saturated heterocycles. The topological polar surface area (TPSA) is 41.6 Å². The maximum atomic E-state index is 12.3. The van der Waals surface area contributed by atoms with E-state index in [2.05, 4.69) is 29.4 Å². The molecule has 2 aromatic rings. The second-order valence-electron chi connectivity index (χ2n) is 6.24. The number of methoxy groups -OCH3 is 1. The number of hydrogen-bond donors (Lipinski definition) is 1. The van der Waals surface area contributed by atoms with Gasteiger partial charge in [0.2, 0.25) is 5.91 Å². The van der Waals surface area contributed by atoms with Crippen LogP contribution >= 0.6 is 0 Å². The summed E-state index contributed by atoms with van der Waals surface area (Å²) in [5, 5.41) is 3.20. The zero-order chi connectivity index (χ0) is 16.9. The van der Waals surface area contributed by atoms with Crippen molar-refractivity contribution in [2.45, 2.75) is 25.3 Å². The number of carbonyl (C=O) groups excluding carboxylic acids is 1. The van der Waals surface area contributed by atoms with E-state index in [-0.39, 0.29) is 11.9 Å². The number of ether oxygens (including phenoxy) is 1. The molecule has 3 rings (SSSR count). The standard InChI is InChI=1S/C20H24N2O2/c1-22-14-13-18(17-5-3-4-6-19(17)22)21-20(23)12-9-15-7-10-16(24-2)11-8-15/h3-8,10-11,18H,9,12-14H2,1-2H3,(H,21,23). The summed E-state index contributed by atoms with van der Waals surface area (Å²) >= 11 is 0. The second kappa shape index (κ2) is 7.39. The van der Waals surface area contributed by atoms with Crippen molar-refractivity contribution in [2.75, 3.05) is 25.6 Å². The molecule has 1 atom stereocenters. The van der Waals surface area contributed by atoms with E-state index in [1.54, 1.807) is 7.11 Å². The number of aryl methyl sites for hydroxylation is 1. The first-order valence-electron chi connectivity index (χ1n) is 8.39. The second-order valence-corrected chi connectivity index (χ2v) is 6.24. The maximum absolute atomic E-state index is 12.3. The Hall–Kier alpha value is -2.49. The van der Waals surface area contributed by atoms with Crippen LogP contribution in [0.1, 0.15) is 30.0 Å². The van der Waals surface area contributed by atoms with Crippen LogP contribution in [0.3, 0.4) is 0 Å². The maximum Gasteiger partial charge on any atom is 0.220 e. The van der Waals surface area contributed by atoms with Gasteiger partial charge in [0.25, 0.3) is 0 Å². The van der Waals surface area contributed by atoms with Gasteiger partial charge in [-0.1, -0.05) is 30.3 Å². The molecule has 1 aliphatic heterocycles. The molecule has 1 aliphatic rings. The smallest absolute Gasteiger partial charge is 0.220 e. The highest BCUT2D eigenvalue weighted by atomic mass is 16.5. The molecule has 0 spiro atoms. The average Bonchev–Trinajstić information content (AvgIpc) is 2.63. The molecule has 0 aromatic heterocycles. The van der Waals surface area contributed by atoms with Gasteiger partial charge in [-0.05, 0) is 42.2 Å². The number of nitrogens with one attached hydrogen (secondary N) is 1. The van der Waals surface area contributed by atoms with Crippen molar-refractivity contribution in [3.8, 4) is 5.75 Å². The van der Waals surface area contributed by atoms with E-state index < -0.39 is 0 Å². The van der Waals surface area contributed by atoms with Crippen molar-refractivity contribution in [2.24, 2.45) is 0 Å².